The number of ketones is 1. The molecule has 0 aromatic heterocycles. The van der Waals surface area contributed by atoms with Crippen LogP contribution in [0.2, 0.25) is 0 Å². The number of nitro groups is 1. The number of rotatable bonds is 6. The van der Waals surface area contributed by atoms with Crippen molar-refractivity contribution in [3.05, 3.63) is 33.9 Å². The lowest BCUT2D eigenvalue weighted by molar-refractivity contribution is -0.386. The van der Waals surface area contributed by atoms with E-state index in [1.807, 2.05) is 13.8 Å². The molecular weight excluding hydrogens is 234 g/mol. The summed E-state index contributed by atoms with van der Waals surface area (Å²) in [6.07, 6.45) is 0.734. The Morgan fingerprint density at radius 2 is 2.17 bits per heavy atom. The molecule has 5 nitrogen and oxygen atoms in total. The Hall–Kier alpha value is -1.91. The Labute approximate surface area is 106 Å². The molecular formula is C13H17NO4. The number of benzene rings is 1. The van der Waals surface area contributed by atoms with Gasteiger partial charge in [0.05, 0.1) is 4.92 Å². The van der Waals surface area contributed by atoms with E-state index in [1.165, 1.54) is 6.07 Å². The van der Waals surface area contributed by atoms with Crippen LogP contribution in [0.25, 0.3) is 0 Å². The number of hydrogen-bond donors (Lipinski definition) is 0. The van der Waals surface area contributed by atoms with Gasteiger partial charge in [0, 0.05) is 11.5 Å². The molecule has 0 heterocycles. The summed E-state index contributed by atoms with van der Waals surface area (Å²) in [4.78, 5) is 22.0. The number of nitro benzene ring substituents is 1. The summed E-state index contributed by atoms with van der Waals surface area (Å²) in [6.45, 7) is 5.24. The number of carbonyl (C=O) groups excluding carboxylic acids is 1. The van der Waals surface area contributed by atoms with E-state index in [1.54, 1.807) is 19.1 Å². The van der Waals surface area contributed by atoms with Gasteiger partial charge in [-0.2, -0.15) is 0 Å². The zero-order valence-corrected chi connectivity index (χ0v) is 10.8. The molecule has 0 saturated heterocycles. The van der Waals surface area contributed by atoms with E-state index >= 15 is 0 Å². The van der Waals surface area contributed by atoms with Crippen molar-refractivity contribution >= 4 is 11.5 Å². The number of ether oxygens (including phenoxy) is 1. The van der Waals surface area contributed by atoms with Crippen molar-refractivity contribution in [3.8, 4) is 5.75 Å². The van der Waals surface area contributed by atoms with E-state index in [2.05, 4.69) is 0 Å². The van der Waals surface area contributed by atoms with E-state index in [9.17, 15) is 14.9 Å². The number of aryl methyl sites for hydroxylation is 1. The molecule has 18 heavy (non-hydrogen) atoms. The summed E-state index contributed by atoms with van der Waals surface area (Å²) in [6, 6.07) is 4.82. The second kappa shape index (κ2) is 6.14. The van der Waals surface area contributed by atoms with Crippen molar-refractivity contribution in [2.75, 3.05) is 6.61 Å². The summed E-state index contributed by atoms with van der Waals surface area (Å²) in [5.74, 6) is 0.0128. The highest BCUT2D eigenvalue weighted by Crippen LogP contribution is 2.30. The molecule has 1 aromatic rings. The maximum absolute atomic E-state index is 11.6. The van der Waals surface area contributed by atoms with Crippen LogP contribution in [0.5, 0.6) is 5.75 Å². The van der Waals surface area contributed by atoms with Gasteiger partial charge in [0.1, 0.15) is 6.61 Å². The average Bonchev–Trinajstić information content (AvgIpc) is 2.34. The van der Waals surface area contributed by atoms with Gasteiger partial charge in [-0.05, 0) is 19.4 Å². The molecule has 0 spiro atoms. The number of Topliss-reactive ketones (excluding diaryl/α,β-unsaturated/α-hetero) is 1. The van der Waals surface area contributed by atoms with Gasteiger partial charge in [0.2, 0.25) is 0 Å². The third-order valence-electron chi connectivity index (χ3n) is 2.92. The molecule has 5 heteroatoms. The molecule has 0 saturated carbocycles. The lowest BCUT2D eigenvalue weighted by Gasteiger charge is -2.10. The van der Waals surface area contributed by atoms with Crippen LogP contribution in [0, 0.1) is 23.0 Å². The van der Waals surface area contributed by atoms with Crippen LogP contribution in [0.3, 0.4) is 0 Å². The minimum absolute atomic E-state index is 0.0479. The molecule has 1 atom stereocenters. The Kier molecular flexibility index (Phi) is 4.83. The lowest BCUT2D eigenvalue weighted by Crippen LogP contribution is -2.19. The normalized spacial score (nSPS) is 11.9. The molecule has 98 valence electrons. The van der Waals surface area contributed by atoms with E-state index in [-0.39, 0.29) is 29.7 Å². The summed E-state index contributed by atoms with van der Waals surface area (Å²) in [5, 5.41) is 10.9. The maximum Gasteiger partial charge on any atom is 0.313 e. The standard InChI is InChI=1S/C13H17NO4/c1-4-9(2)11(15)8-18-12-7-5-6-10(3)13(12)14(16)17/h5-7,9H,4,8H2,1-3H3. The van der Waals surface area contributed by atoms with Gasteiger partial charge in [-0.3, -0.25) is 14.9 Å². The van der Waals surface area contributed by atoms with Crippen LogP contribution >= 0.6 is 0 Å². The molecule has 0 fully saturated rings. The largest absolute Gasteiger partial charge is 0.479 e. The first kappa shape index (κ1) is 14.2. The quantitative estimate of drug-likeness (QED) is 0.575. The monoisotopic (exact) mass is 251 g/mol. The van der Waals surface area contributed by atoms with Gasteiger partial charge in [-0.15, -0.1) is 0 Å². The highest BCUT2D eigenvalue weighted by atomic mass is 16.6. The second-order valence-electron chi connectivity index (χ2n) is 4.24. The fourth-order valence-corrected chi connectivity index (χ4v) is 1.50. The highest BCUT2D eigenvalue weighted by Gasteiger charge is 2.19. The molecule has 1 rings (SSSR count). The van der Waals surface area contributed by atoms with Crippen LogP contribution in [0.15, 0.2) is 18.2 Å². The number of hydrogen-bond acceptors (Lipinski definition) is 4. The van der Waals surface area contributed by atoms with Gasteiger partial charge in [0.15, 0.2) is 11.5 Å². The van der Waals surface area contributed by atoms with Gasteiger partial charge in [-0.1, -0.05) is 26.0 Å². The van der Waals surface area contributed by atoms with Gasteiger partial charge < -0.3 is 4.74 Å². The first-order valence-corrected chi connectivity index (χ1v) is 5.86. The highest BCUT2D eigenvalue weighted by molar-refractivity contribution is 5.82. The molecule has 0 N–H and O–H groups in total. The van der Waals surface area contributed by atoms with Crippen molar-refractivity contribution in [2.45, 2.75) is 27.2 Å². The summed E-state index contributed by atoms with van der Waals surface area (Å²) >= 11 is 0. The smallest absolute Gasteiger partial charge is 0.313 e. The fourth-order valence-electron chi connectivity index (χ4n) is 1.50. The average molecular weight is 251 g/mol. The van der Waals surface area contributed by atoms with Crippen LogP contribution in [0.1, 0.15) is 25.8 Å². The predicted molar refractivity (Wildman–Crippen MR) is 67.8 cm³/mol. The van der Waals surface area contributed by atoms with Crippen LogP contribution in [-0.2, 0) is 4.79 Å². The maximum atomic E-state index is 11.6. The van der Waals surface area contributed by atoms with Crippen molar-refractivity contribution in [1.82, 2.24) is 0 Å². The van der Waals surface area contributed by atoms with E-state index in [0.29, 0.717) is 5.56 Å². The minimum atomic E-state index is -0.488. The Balaban J connectivity index is 2.83. The first-order valence-electron chi connectivity index (χ1n) is 5.86. The minimum Gasteiger partial charge on any atom is -0.479 e. The molecule has 1 aromatic carbocycles. The van der Waals surface area contributed by atoms with Gasteiger partial charge >= 0.3 is 5.69 Å². The second-order valence-corrected chi connectivity index (χ2v) is 4.24. The molecule has 0 aliphatic carbocycles. The third-order valence-corrected chi connectivity index (χ3v) is 2.92. The van der Waals surface area contributed by atoms with E-state index < -0.39 is 4.92 Å². The zero-order chi connectivity index (χ0) is 13.7. The topological polar surface area (TPSA) is 69.4 Å². The SMILES string of the molecule is CCC(C)C(=O)COc1cccc(C)c1[N+](=O)[O-]. The van der Waals surface area contributed by atoms with Crippen LogP contribution in [0.4, 0.5) is 5.69 Å². The molecule has 0 amide bonds. The predicted octanol–water partition coefficient (Wildman–Crippen LogP) is 2.90. The lowest BCUT2D eigenvalue weighted by atomic mass is 10.0. The number of carbonyl (C=O) groups is 1. The molecule has 0 radical (unpaired) electrons. The summed E-state index contributed by atoms with van der Waals surface area (Å²) < 4.78 is 5.27. The Morgan fingerprint density at radius 1 is 1.50 bits per heavy atom. The molecule has 0 aliphatic heterocycles. The first-order chi connectivity index (χ1) is 8.47. The van der Waals surface area contributed by atoms with Crippen LogP contribution in [-0.4, -0.2) is 17.3 Å². The Morgan fingerprint density at radius 3 is 2.72 bits per heavy atom. The Bertz CT molecular complexity index is 456. The molecule has 0 aliphatic rings. The zero-order valence-electron chi connectivity index (χ0n) is 10.8. The third kappa shape index (κ3) is 3.29. The fraction of sp³-hybridized carbons (Fsp3) is 0.462. The summed E-state index contributed by atoms with van der Waals surface area (Å²) in [5.41, 5.74) is 0.447. The van der Waals surface area contributed by atoms with E-state index in [4.69, 9.17) is 4.74 Å². The van der Waals surface area contributed by atoms with Crippen molar-refractivity contribution in [3.63, 3.8) is 0 Å². The van der Waals surface area contributed by atoms with E-state index in [0.717, 1.165) is 6.42 Å². The van der Waals surface area contributed by atoms with Gasteiger partial charge in [-0.25, -0.2) is 0 Å². The molecule has 0 bridgehead atoms. The van der Waals surface area contributed by atoms with Crippen molar-refractivity contribution in [1.29, 1.82) is 0 Å². The summed E-state index contributed by atoms with van der Waals surface area (Å²) in [7, 11) is 0. The number of nitrogens with zero attached hydrogens (tertiary/aromatic N) is 1. The van der Waals surface area contributed by atoms with Crippen molar-refractivity contribution < 1.29 is 14.5 Å². The van der Waals surface area contributed by atoms with Crippen molar-refractivity contribution in [2.24, 2.45) is 5.92 Å². The van der Waals surface area contributed by atoms with Gasteiger partial charge in [0.25, 0.3) is 0 Å². The van der Waals surface area contributed by atoms with Crippen LogP contribution < -0.4 is 4.74 Å². The number of para-hydroxylation sites is 1. The molecule has 1 unspecified atom stereocenters.